The first-order valence-corrected chi connectivity index (χ1v) is 6.57. The molecule has 0 amide bonds. The predicted molar refractivity (Wildman–Crippen MR) is 74.4 cm³/mol. The van der Waals surface area contributed by atoms with Crippen LogP contribution in [0, 0.1) is 6.92 Å². The summed E-state index contributed by atoms with van der Waals surface area (Å²) in [4.78, 5) is 0. The number of allylic oxidation sites excluding steroid dienone is 1. The lowest BCUT2D eigenvalue weighted by atomic mass is 10.0. The van der Waals surface area contributed by atoms with E-state index >= 15 is 0 Å². The van der Waals surface area contributed by atoms with Crippen LogP contribution in [0.15, 0.2) is 30.9 Å². The molecule has 0 fully saturated rings. The van der Waals surface area contributed by atoms with Gasteiger partial charge in [0.15, 0.2) is 0 Å². The summed E-state index contributed by atoms with van der Waals surface area (Å²) in [5.74, 6) is 0. The van der Waals surface area contributed by atoms with E-state index in [-0.39, 0.29) is 0 Å². The predicted octanol–water partition coefficient (Wildman–Crippen LogP) is 4.82. The minimum atomic E-state index is -0.392. The number of hydrogen-bond acceptors (Lipinski definition) is 1. The van der Waals surface area contributed by atoms with Crippen LogP contribution >= 0.6 is 11.6 Å². The summed E-state index contributed by atoms with van der Waals surface area (Å²) in [5.41, 5.74) is 2.02. The molecule has 94 valence electrons. The van der Waals surface area contributed by atoms with E-state index in [1.165, 1.54) is 0 Å². The second-order valence-corrected chi connectivity index (χ2v) is 4.94. The molecule has 1 aromatic rings. The van der Waals surface area contributed by atoms with Crippen LogP contribution in [-0.2, 0) is 0 Å². The van der Waals surface area contributed by atoms with Crippen molar-refractivity contribution >= 4 is 11.6 Å². The second-order valence-electron chi connectivity index (χ2n) is 4.50. The third-order valence-corrected chi connectivity index (χ3v) is 3.05. The molecule has 1 unspecified atom stereocenters. The van der Waals surface area contributed by atoms with Gasteiger partial charge in [0, 0.05) is 5.02 Å². The molecule has 1 N–H and O–H groups in total. The summed E-state index contributed by atoms with van der Waals surface area (Å²) < 4.78 is 0. The van der Waals surface area contributed by atoms with Crippen molar-refractivity contribution in [2.75, 3.05) is 0 Å². The average molecular weight is 253 g/mol. The lowest BCUT2D eigenvalue weighted by Crippen LogP contribution is -1.98. The number of aliphatic hydroxyl groups is 1. The molecule has 0 bridgehead atoms. The van der Waals surface area contributed by atoms with Gasteiger partial charge in [0.25, 0.3) is 0 Å². The molecule has 0 aliphatic heterocycles. The smallest absolute Gasteiger partial charge is 0.0790 e. The highest BCUT2D eigenvalue weighted by molar-refractivity contribution is 6.30. The monoisotopic (exact) mass is 252 g/mol. The van der Waals surface area contributed by atoms with Crippen molar-refractivity contribution in [1.82, 2.24) is 0 Å². The number of unbranched alkanes of at least 4 members (excludes halogenated alkanes) is 3. The molecular weight excluding hydrogens is 232 g/mol. The number of benzene rings is 1. The summed E-state index contributed by atoms with van der Waals surface area (Å²) in [6.45, 7) is 5.69. The minimum absolute atomic E-state index is 0.392. The zero-order valence-electron chi connectivity index (χ0n) is 10.5. The van der Waals surface area contributed by atoms with Gasteiger partial charge in [-0.05, 0) is 49.4 Å². The first-order valence-electron chi connectivity index (χ1n) is 6.19. The van der Waals surface area contributed by atoms with E-state index in [9.17, 15) is 5.11 Å². The molecule has 0 radical (unpaired) electrons. The third-order valence-electron chi connectivity index (χ3n) is 2.84. The van der Waals surface area contributed by atoms with E-state index < -0.39 is 6.10 Å². The Kier molecular flexibility index (Phi) is 6.31. The minimum Gasteiger partial charge on any atom is -0.388 e. The molecule has 0 saturated heterocycles. The van der Waals surface area contributed by atoms with E-state index in [0.717, 1.165) is 43.2 Å². The van der Waals surface area contributed by atoms with Crippen molar-refractivity contribution in [3.05, 3.63) is 47.0 Å². The van der Waals surface area contributed by atoms with Crippen LogP contribution in [0.5, 0.6) is 0 Å². The van der Waals surface area contributed by atoms with Crippen molar-refractivity contribution in [3.8, 4) is 0 Å². The van der Waals surface area contributed by atoms with Crippen molar-refractivity contribution in [1.29, 1.82) is 0 Å². The van der Waals surface area contributed by atoms with Gasteiger partial charge in [0.1, 0.15) is 0 Å². The first-order chi connectivity index (χ1) is 8.13. The van der Waals surface area contributed by atoms with E-state index in [4.69, 9.17) is 11.6 Å². The molecule has 0 aromatic heterocycles. The average Bonchev–Trinajstić information content (AvgIpc) is 2.27. The van der Waals surface area contributed by atoms with Gasteiger partial charge in [-0.15, -0.1) is 6.58 Å². The largest absolute Gasteiger partial charge is 0.388 e. The molecule has 2 heteroatoms. The first kappa shape index (κ1) is 14.3. The molecule has 0 saturated carbocycles. The van der Waals surface area contributed by atoms with E-state index in [1.54, 1.807) is 0 Å². The summed E-state index contributed by atoms with van der Waals surface area (Å²) in [6, 6.07) is 5.76. The van der Waals surface area contributed by atoms with Gasteiger partial charge in [0.05, 0.1) is 6.10 Å². The number of halogens is 1. The van der Waals surface area contributed by atoms with Gasteiger partial charge >= 0.3 is 0 Å². The zero-order valence-corrected chi connectivity index (χ0v) is 11.2. The van der Waals surface area contributed by atoms with Crippen molar-refractivity contribution in [2.45, 2.75) is 45.1 Å². The standard InChI is InChI=1S/C15H21ClO/c1-3-4-5-6-7-8-15(17)13-9-12(2)10-14(16)11-13/h3,9-11,15,17H,1,4-8H2,2H3. The molecule has 0 spiro atoms. The Hall–Kier alpha value is -0.790. The Labute approximate surface area is 109 Å². The highest BCUT2D eigenvalue weighted by Gasteiger charge is 2.08. The maximum Gasteiger partial charge on any atom is 0.0790 e. The van der Waals surface area contributed by atoms with Crippen molar-refractivity contribution < 1.29 is 5.11 Å². The normalized spacial score (nSPS) is 12.4. The number of hydrogen-bond donors (Lipinski definition) is 1. The lowest BCUT2D eigenvalue weighted by molar-refractivity contribution is 0.163. The molecule has 0 heterocycles. The summed E-state index contributed by atoms with van der Waals surface area (Å²) >= 11 is 5.97. The Balaban J connectivity index is 2.40. The summed E-state index contributed by atoms with van der Waals surface area (Å²) in [6.07, 6.45) is 6.75. The SMILES string of the molecule is C=CCCCCCC(O)c1cc(C)cc(Cl)c1. The van der Waals surface area contributed by atoms with Crippen LogP contribution in [0.25, 0.3) is 0 Å². The van der Waals surface area contributed by atoms with E-state index in [0.29, 0.717) is 5.02 Å². The number of aryl methyl sites for hydroxylation is 1. The van der Waals surface area contributed by atoms with Crippen LogP contribution in [0.1, 0.15) is 49.3 Å². The molecule has 1 rings (SSSR count). The molecule has 0 aliphatic rings. The van der Waals surface area contributed by atoms with Crippen LogP contribution in [-0.4, -0.2) is 5.11 Å². The Bertz CT molecular complexity index is 340. The van der Waals surface area contributed by atoms with Gasteiger partial charge in [-0.3, -0.25) is 0 Å². The lowest BCUT2D eigenvalue weighted by Gasteiger charge is -2.12. The van der Waals surface area contributed by atoms with Crippen LogP contribution < -0.4 is 0 Å². The fraction of sp³-hybridized carbons (Fsp3) is 0.467. The van der Waals surface area contributed by atoms with Crippen LogP contribution in [0.2, 0.25) is 5.02 Å². The van der Waals surface area contributed by atoms with Crippen LogP contribution in [0.4, 0.5) is 0 Å². The van der Waals surface area contributed by atoms with Gasteiger partial charge in [0.2, 0.25) is 0 Å². The van der Waals surface area contributed by atoms with Gasteiger partial charge in [-0.25, -0.2) is 0 Å². The van der Waals surface area contributed by atoms with Gasteiger partial charge in [-0.1, -0.05) is 36.6 Å². The highest BCUT2D eigenvalue weighted by Crippen LogP contribution is 2.24. The zero-order chi connectivity index (χ0) is 12.7. The fourth-order valence-corrected chi connectivity index (χ4v) is 2.22. The highest BCUT2D eigenvalue weighted by atomic mass is 35.5. The van der Waals surface area contributed by atoms with E-state index in [1.807, 2.05) is 31.2 Å². The quantitative estimate of drug-likeness (QED) is 0.545. The van der Waals surface area contributed by atoms with Crippen molar-refractivity contribution in [3.63, 3.8) is 0 Å². The molecule has 0 aliphatic carbocycles. The molecule has 17 heavy (non-hydrogen) atoms. The Morgan fingerprint density at radius 2 is 2.06 bits per heavy atom. The summed E-state index contributed by atoms with van der Waals surface area (Å²) in [7, 11) is 0. The number of aliphatic hydroxyl groups excluding tert-OH is 1. The number of rotatable bonds is 7. The molecule has 1 nitrogen and oxygen atoms in total. The maximum absolute atomic E-state index is 10.0. The molecule has 1 aromatic carbocycles. The molecule has 1 atom stereocenters. The molecular formula is C15H21ClO. The summed E-state index contributed by atoms with van der Waals surface area (Å²) in [5, 5.41) is 10.7. The van der Waals surface area contributed by atoms with Crippen molar-refractivity contribution in [2.24, 2.45) is 0 Å². The third kappa shape index (κ3) is 5.38. The Morgan fingerprint density at radius 1 is 1.29 bits per heavy atom. The Morgan fingerprint density at radius 3 is 2.71 bits per heavy atom. The van der Waals surface area contributed by atoms with Gasteiger partial charge < -0.3 is 5.11 Å². The second kappa shape index (κ2) is 7.52. The topological polar surface area (TPSA) is 20.2 Å². The fourth-order valence-electron chi connectivity index (χ4n) is 1.93. The van der Waals surface area contributed by atoms with E-state index in [2.05, 4.69) is 6.58 Å². The maximum atomic E-state index is 10.0. The van der Waals surface area contributed by atoms with Gasteiger partial charge in [-0.2, -0.15) is 0 Å². The van der Waals surface area contributed by atoms with Crippen LogP contribution in [0.3, 0.4) is 0 Å².